The van der Waals surface area contributed by atoms with E-state index in [1.807, 2.05) is 42.5 Å². The van der Waals surface area contributed by atoms with Crippen LogP contribution in [0.1, 0.15) is 15.9 Å². The Morgan fingerprint density at radius 1 is 1.08 bits per heavy atom. The van der Waals surface area contributed by atoms with Crippen LogP contribution in [0.15, 0.2) is 61.1 Å². The van der Waals surface area contributed by atoms with Crippen LogP contribution in [0.25, 0.3) is 11.3 Å². The molecule has 0 radical (unpaired) electrons. The number of nitrogens with one attached hydrogen (secondary N) is 1. The van der Waals surface area contributed by atoms with E-state index in [9.17, 15) is 4.79 Å². The number of methoxy groups -OCH3 is 1. The van der Waals surface area contributed by atoms with Crippen molar-refractivity contribution in [3.63, 3.8) is 0 Å². The predicted molar refractivity (Wildman–Crippen MR) is 94.9 cm³/mol. The van der Waals surface area contributed by atoms with Gasteiger partial charge in [-0.3, -0.25) is 14.9 Å². The SMILES string of the molecule is COCCN(Cc1ccncc1)C(=O)c1ccc(-c2ccn[nH]2)cc1. The molecule has 0 saturated carbocycles. The summed E-state index contributed by atoms with van der Waals surface area (Å²) in [6.45, 7) is 1.54. The number of aromatic amines is 1. The summed E-state index contributed by atoms with van der Waals surface area (Å²) in [5.74, 6) is -0.0231. The highest BCUT2D eigenvalue weighted by molar-refractivity contribution is 5.94. The molecule has 0 atom stereocenters. The molecule has 2 aromatic heterocycles. The summed E-state index contributed by atoms with van der Waals surface area (Å²) in [7, 11) is 1.63. The van der Waals surface area contributed by atoms with Gasteiger partial charge in [0, 0.05) is 44.4 Å². The normalized spacial score (nSPS) is 10.6. The number of nitrogens with zero attached hydrogens (tertiary/aromatic N) is 3. The number of H-pyrrole nitrogens is 1. The van der Waals surface area contributed by atoms with E-state index in [1.54, 1.807) is 30.6 Å². The minimum Gasteiger partial charge on any atom is -0.383 e. The molecule has 6 nitrogen and oxygen atoms in total. The van der Waals surface area contributed by atoms with Gasteiger partial charge >= 0.3 is 0 Å². The minimum absolute atomic E-state index is 0.0231. The van der Waals surface area contributed by atoms with Crippen LogP contribution in [0.4, 0.5) is 0 Å². The Balaban J connectivity index is 1.76. The molecule has 1 N–H and O–H groups in total. The number of benzene rings is 1. The molecule has 0 fully saturated rings. The maximum atomic E-state index is 12.9. The molecule has 0 bridgehead atoms. The molecule has 0 spiro atoms. The van der Waals surface area contributed by atoms with E-state index >= 15 is 0 Å². The van der Waals surface area contributed by atoms with Crippen molar-refractivity contribution < 1.29 is 9.53 Å². The largest absolute Gasteiger partial charge is 0.383 e. The van der Waals surface area contributed by atoms with E-state index < -0.39 is 0 Å². The standard InChI is InChI=1S/C19H20N4O2/c1-25-13-12-23(14-15-6-9-20-10-7-15)19(24)17-4-2-16(3-5-17)18-8-11-21-22-18/h2-11H,12-14H2,1H3,(H,21,22). The van der Waals surface area contributed by atoms with Crippen molar-refractivity contribution in [3.05, 3.63) is 72.2 Å². The number of carbonyl (C=O) groups excluding carboxylic acids is 1. The lowest BCUT2D eigenvalue weighted by Crippen LogP contribution is -2.33. The summed E-state index contributed by atoms with van der Waals surface area (Å²) in [6.07, 6.45) is 5.16. The third-order valence-electron chi connectivity index (χ3n) is 3.92. The molecule has 0 saturated heterocycles. The van der Waals surface area contributed by atoms with Crippen LogP contribution in [0.3, 0.4) is 0 Å². The number of hydrogen-bond donors (Lipinski definition) is 1. The fourth-order valence-corrected chi connectivity index (χ4v) is 2.55. The smallest absolute Gasteiger partial charge is 0.254 e. The van der Waals surface area contributed by atoms with E-state index in [-0.39, 0.29) is 5.91 Å². The number of hydrogen-bond acceptors (Lipinski definition) is 4. The monoisotopic (exact) mass is 336 g/mol. The Bertz CT molecular complexity index is 786. The molecule has 2 heterocycles. The van der Waals surface area contributed by atoms with E-state index in [0.29, 0.717) is 25.3 Å². The maximum absolute atomic E-state index is 12.9. The third-order valence-corrected chi connectivity index (χ3v) is 3.92. The first-order valence-electron chi connectivity index (χ1n) is 8.05. The van der Waals surface area contributed by atoms with E-state index in [4.69, 9.17) is 4.74 Å². The van der Waals surface area contributed by atoms with Crippen LogP contribution in [-0.2, 0) is 11.3 Å². The molecule has 6 heteroatoms. The molecule has 25 heavy (non-hydrogen) atoms. The number of aromatic nitrogens is 3. The zero-order valence-electron chi connectivity index (χ0n) is 14.1. The lowest BCUT2D eigenvalue weighted by Gasteiger charge is -2.22. The highest BCUT2D eigenvalue weighted by Crippen LogP contribution is 2.18. The molecule has 0 aliphatic heterocycles. The molecule has 0 unspecified atom stereocenters. The third kappa shape index (κ3) is 4.30. The summed E-state index contributed by atoms with van der Waals surface area (Å²) in [5, 5.41) is 6.86. The quantitative estimate of drug-likeness (QED) is 0.720. The van der Waals surface area contributed by atoms with E-state index in [0.717, 1.165) is 16.8 Å². The van der Waals surface area contributed by atoms with Crippen molar-refractivity contribution in [2.45, 2.75) is 6.54 Å². The summed E-state index contributed by atoms with van der Waals surface area (Å²) < 4.78 is 5.15. The molecule has 3 aromatic rings. The molecule has 0 aliphatic carbocycles. The summed E-state index contributed by atoms with van der Waals surface area (Å²) in [5.41, 5.74) is 3.60. The maximum Gasteiger partial charge on any atom is 0.254 e. The molecular weight excluding hydrogens is 316 g/mol. The minimum atomic E-state index is -0.0231. The molecule has 3 rings (SSSR count). The molecule has 1 amide bonds. The van der Waals surface area contributed by atoms with Gasteiger partial charge in [-0.15, -0.1) is 0 Å². The Labute approximate surface area is 146 Å². The van der Waals surface area contributed by atoms with Crippen LogP contribution in [0.2, 0.25) is 0 Å². The van der Waals surface area contributed by atoms with Gasteiger partial charge in [-0.05, 0) is 41.5 Å². The highest BCUT2D eigenvalue weighted by atomic mass is 16.5. The van der Waals surface area contributed by atoms with Crippen LogP contribution < -0.4 is 0 Å². The topological polar surface area (TPSA) is 71.1 Å². The summed E-state index contributed by atoms with van der Waals surface area (Å²) in [6, 6.07) is 13.2. The van der Waals surface area contributed by atoms with E-state index in [2.05, 4.69) is 15.2 Å². The first-order chi connectivity index (χ1) is 12.3. The van der Waals surface area contributed by atoms with Crippen LogP contribution in [0.5, 0.6) is 0 Å². The molecule has 0 aliphatic rings. The second kappa shape index (κ2) is 8.21. The van der Waals surface area contributed by atoms with Crippen molar-refractivity contribution in [2.75, 3.05) is 20.3 Å². The van der Waals surface area contributed by atoms with Crippen LogP contribution in [0, 0.1) is 0 Å². The molecular formula is C19H20N4O2. The number of carbonyl (C=O) groups is 1. The fraction of sp³-hybridized carbons (Fsp3) is 0.211. The van der Waals surface area contributed by atoms with Crippen LogP contribution in [-0.4, -0.2) is 46.2 Å². The highest BCUT2D eigenvalue weighted by Gasteiger charge is 2.16. The van der Waals surface area contributed by atoms with Crippen LogP contribution >= 0.6 is 0 Å². The first-order valence-corrected chi connectivity index (χ1v) is 8.05. The average molecular weight is 336 g/mol. The van der Waals surface area contributed by atoms with Gasteiger partial charge < -0.3 is 9.64 Å². The van der Waals surface area contributed by atoms with Gasteiger partial charge in [-0.1, -0.05) is 12.1 Å². The van der Waals surface area contributed by atoms with Gasteiger partial charge in [0.2, 0.25) is 0 Å². The second-order valence-corrected chi connectivity index (χ2v) is 5.62. The second-order valence-electron chi connectivity index (χ2n) is 5.62. The summed E-state index contributed by atoms with van der Waals surface area (Å²) in [4.78, 5) is 18.7. The van der Waals surface area contributed by atoms with E-state index in [1.165, 1.54) is 0 Å². The van der Waals surface area contributed by atoms with Gasteiger partial charge in [0.25, 0.3) is 5.91 Å². The summed E-state index contributed by atoms with van der Waals surface area (Å²) >= 11 is 0. The number of pyridine rings is 1. The molecule has 1 aromatic carbocycles. The van der Waals surface area contributed by atoms with Crippen molar-refractivity contribution in [3.8, 4) is 11.3 Å². The first kappa shape index (κ1) is 16.9. The van der Waals surface area contributed by atoms with Crippen molar-refractivity contribution in [1.82, 2.24) is 20.1 Å². The Hall–Kier alpha value is -2.99. The van der Waals surface area contributed by atoms with Gasteiger partial charge in [-0.25, -0.2) is 0 Å². The Morgan fingerprint density at radius 3 is 2.48 bits per heavy atom. The van der Waals surface area contributed by atoms with Crippen molar-refractivity contribution in [1.29, 1.82) is 0 Å². The Morgan fingerprint density at radius 2 is 1.84 bits per heavy atom. The van der Waals surface area contributed by atoms with Gasteiger partial charge in [0.05, 0.1) is 12.3 Å². The number of amides is 1. The number of rotatable bonds is 7. The fourth-order valence-electron chi connectivity index (χ4n) is 2.55. The Kier molecular flexibility index (Phi) is 5.53. The van der Waals surface area contributed by atoms with Crippen molar-refractivity contribution >= 4 is 5.91 Å². The lowest BCUT2D eigenvalue weighted by atomic mass is 10.1. The van der Waals surface area contributed by atoms with Gasteiger partial charge in [-0.2, -0.15) is 5.10 Å². The predicted octanol–water partition coefficient (Wildman–Crippen LogP) is 2.76. The number of ether oxygens (including phenoxy) is 1. The zero-order valence-corrected chi connectivity index (χ0v) is 14.1. The average Bonchev–Trinajstić information content (AvgIpc) is 3.20. The molecule has 128 valence electrons. The lowest BCUT2D eigenvalue weighted by molar-refractivity contribution is 0.0680. The zero-order chi connectivity index (χ0) is 17.5. The van der Waals surface area contributed by atoms with Gasteiger partial charge in [0.15, 0.2) is 0 Å². The van der Waals surface area contributed by atoms with Crippen molar-refractivity contribution in [2.24, 2.45) is 0 Å². The van der Waals surface area contributed by atoms with Gasteiger partial charge in [0.1, 0.15) is 0 Å².